The Labute approximate surface area is 180 Å². The molecule has 0 bridgehead atoms. The fourth-order valence-corrected chi connectivity index (χ4v) is 4.85. The molecule has 1 unspecified atom stereocenters. The second-order valence-corrected chi connectivity index (χ2v) is 10.3. The van der Waals surface area contributed by atoms with Gasteiger partial charge in [0.1, 0.15) is 0 Å². The number of rotatable bonds is 7. The molecule has 7 nitrogen and oxygen atoms in total. The third kappa shape index (κ3) is 6.20. The molecule has 166 valence electrons. The zero-order valence-electron chi connectivity index (χ0n) is 18.1. The first-order chi connectivity index (χ1) is 14.4. The predicted molar refractivity (Wildman–Crippen MR) is 119 cm³/mol. The van der Waals surface area contributed by atoms with Crippen LogP contribution in [0.1, 0.15) is 44.6 Å². The van der Waals surface area contributed by atoms with Gasteiger partial charge >= 0.3 is 0 Å². The third-order valence-corrected chi connectivity index (χ3v) is 7.04. The van der Waals surface area contributed by atoms with Crippen LogP contribution in [0.3, 0.4) is 0 Å². The first-order valence-electron chi connectivity index (χ1n) is 11.0. The Morgan fingerprint density at radius 3 is 2.50 bits per heavy atom. The molecule has 8 heteroatoms. The molecule has 0 radical (unpaired) electrons. The number of hydrogen-bond acceptors (Lipinski definition) is 4. The molecule has 3 rings (SSSR count). The zero-order chi connectivity index (χ0) is 21.6. The van der Waals surface area contributed by atoms with Crippen LogP contribution in [0, 0.1) is 5.92 Å². The highest BCUT2D eigenvalue weighted by Gasteiger charge is 2.32. The van der Waals surface area contributed by atoms with Gasteiger partial charge in [-0.15, -0.1) is 0 Å². The van der Waals surface area contributed by atoms with E-state index in [4.69, 9.17) is 0 Å². The quantitative estimate of drug-likeness (QED) is 0.506. The van der Waals surface area contributed by atoms with Gasteiger partial charge in [-0.1, -0.05) is 25.0 Å². The van der Waals surface area contributed by atoms with Crippen LogP contribution in [0.2, 0.25) is 0 Å². The van der Waals surface area contributed by atoms with E-state index in [0.717, 1.165) is 56.8 Å². The van der Waals surface area contributed by atoms with Crippen molar-refractivity contribution in [3.8, 4) is 0 Å². The third-order valence-electron chi connectivity index (χ3n) is 5.91. The van der Waals surface area contributed by atoms with E-state index in [1.807, 2.05) is 24.0 Å². The van der Waals surface area contributed by atoms with Gasteiger partial charge in [-0.05, 0) is 50.3 Å². The van der Waals surface area contributed by atoms with Crippen LogP contribution in [0.5, 0.6) is 0 Å². The number of nitrogens with zero attached hydrogens (tertiary/aromatic N) is 2. The Morgan fingerprint density at radius 1 is 1.17 bits per heavy atom. The number of nitrogens with one attached hydrogen (secondary N) is 2. The Bertz CT molecular complexity index is 846. The highest BCUT2D eigenvalue weighted by molar-refractivity contribution is 7.90. The van der Waals surface area contributed by atoms with Gasteiger partial charge in [0.25, 0.3) is 0 Å². The summed E-state index contributed by atoms with van der Waals surface area (Å²) in [5, 5.41) is 6.75. The van der Waals surface area contributed by atoms with E-state index < -0.39 is 9.84 Å². The summed E-state index contributed by atoms with van der Waals surface area (Å²) in [6, 6.07) is 7.20. The number of hydrogen-bond donors (Lipinski definition) is 2. The Balaban J connectivity index is 1.50. The van der Waals surface area contributed by atoms with Crippen molar-refractivity contribution in [3.63, 3.8) is 0 Å². The molecular formula is C22H34N4O3S. The molecule has 1 aromatic carbocycles. The van der Waals surface area contributed by atoms with E-state index in [0.29, 0.717) is 17.3 Å². The number of carbonyl (C=O) groups is 1. The van der Waals surface area contributed by atoms with Gasteiger partial charge < -0.3 is 15.5 Å². The van der Waals surface area contributed by atoms with Crippen LogP contribution < -0.4 is 10.6 Å². The summed E-state index contributed by atoms with van der Waals surface area (Å²) in [5.41, 5.74) is 1.05. The van der Waals surface area contributed by atoms with E-state index in [9.17, 15) is 13.2 Å². The molecule has 1 heterocycles. The van der Waals surface area contributed by atoms with Crippen molar-refractivity contribution in [2.45, 2.75) is 56.4 Å². The summed E-state index contributed by atoms with van der Waals surface area (Å²) in [4.78, 5) is 19.6. The molecule has 2 aliphatic rings. The summed E-state index contributed by atoms with van der Waals surface area (Å²) in [5.74, 6) is 1.33. The number of amides is 1. The van der Waals surface area contributed by atoms with Crippen LogP contribution in [0.4, 0.5) is 0 Å². The highest BCUT2D eigenvalue weighted by Crippen LogP contribution is 2.27. The van der Waals surface area contributed by atoms with Crippen molar-refractivity contribution in [3.05, 3.63) is 29.8 Å². The first-order valence-corrected chi connectivity index (χ1v) is 12.9. The van der Waals surface area contributed by atoms with Crippen molar-refractivity contribution in [2.75, 3.05) is 32.4 Å². The summed E-state index contributed by atoms with van der Waals surface area (Å²) in [7, 11) is -3.17. The Kier molecular flexibility index (Phi) is 7.75. The summed E-state index contributed by atoms with van der Waals surface area (Å²) < 4.78 is 23.1. The van der Waals surface area contributed by atoms with Crippen molar-refractivity contribution < 1.29 is 13.2 Å². The van der Waals surface area contributed by atoms with Gasteiger partial charge in [0, 0.05) is 44.4 Å². The lowest BCUT2D eigenvalue weighted by Gasteiger charge is -2.21. The minimum absolute atomic E-state index is 0.224. The SMILES string of the molecule is CCNC(=NCCc1ccc(S(C)(=O)=O)cc1)NC1CCN(C(=O)C2CCCC2)C1. The van der Waals surface area contributed by atoms with Crippen LogP contribution in [-0.2, 0) is 21.1 Å². The first kappa shape index (κ1) is 22.6. The number of benzene rings is 1. The molecule has 2 N–H and O–H groups in total. The van der Waals surface area contributed by atoms with Crippen molar-refractivity contribution in [1.29, 1.82) is 0 Å². The summed E-state index contributed by atoms with van der Waals surface area (Å²) in [6.45, 7) is 4.97. The summed E-state index contributed by atoms with van der Waals surface area (Å²) >= 11 is 0. The number of guanidine groups is 1. The largest absolute Gasteiger partial charge is 0.357 e. The van der Waals surface area contributed by atoms with Gasteiger partial charge in [-0.25, -0.2) is 8.42 Å². The van der Waals surface area contributed by atoms with E-state index in [-0.39, 0.29) is 12.0 Å². The standard InChI is InChI=1S/C22H34N4O3S/c1-3-23-22(24-14-12-17-8-10-20(11-9-17)30(2,28)29)25-19-13-15-26(16-19)21(27)18-6-4-5-7-18/h8-11,18-19H,3-7,12-16H2,1-2H3,(H2,23,24,25). The molecule has 0 spiro atoms. The topological polar surface area (TPSA) is 90.9 Å². The maximum absolute atomic E-state index is 12.6. The molecule has 2 fully saturated rings. The average Bonchev–Trinajstić information content (AvgIpc) is 3.40. The smallest absolute Gasteiger partial charge is 0.225 e. The van der Waals surface area contributed by atoms with Crippen LogP contribution in [0.15, 0.2) is 34.2 Å². The maximum Gasteiger partial charge on any atom is 0.225 e. The van der Waals surface area contributed by atoms with Gasteiger partial charge in [-0.2, -0.15) is 0 Å². The van der Waals surface area contributed by atoms with Crippen molar-refractivity contribution in [1.82, 2.24) is 15.5 Å². The van der Waals surface area contributed by atoms with Gasteiger partial charge in [-0.3, -0.25) is 9.79 Å². The molecule has 1 aromatic rings. The van der Waals surface area contributed by atoms with E-state index in [2.05, 4.69) is 15.6 Å². The number of carbonyl (C=O) groups excluding carboxylic acids is 1. The molecule has 30 heavy (non-hydrogen) atoms. The Morgan fingerprint density at radius 2 is 1.87 bits per heavy atom. The average molecular weight is 435 g/mol. The minimum Gasteiger partial charge on any atom is -0.357 e. The van der Waals surface area contributed by atoms with Crippen molar-refractivity contribution >= 4 is 21.7 Å². The number of sulfone groups is 1. The molecule has 1 atom stereocenters. The molecule has 1 aliphatic heterocycles. The molecule has 1 saturated heterocycles. The molecule has 1 saturated carbocycles. The highest BCUT2D eigenvalue weighted by atomic mass is 32.2. The van der Waals surface area contributed by atoms with Gasteiger partial charge in [0.05, 0.1) is 4.90 Å². The lowest BCUT2D eigenvalue weighted by molar-refractivity contribution is -0.134. The van der Waals surface area contributed by atoms with E-state index >= 15 is 0 Å². The summed E-state index contributed by atoms with van der Waals surface area (Å²) in [6.07, 6.45) is 7.34. The Hall–Kier alpha value is -2.09. The van der Waals surface area contributed by atoms with Crippen molar-refractivity contribution in [2.24, 2.45) is 10.9 Å². The fourth-order valence-electron chi connectivity index (χ4n) is 4.22. The maximum atomic E-state index is 12.6. The number of likely N-dealkylation sites (tertiary alicyclic amines) is 1. The lowest BCUT2D eigenvalue weighted by Crippen LogP contribution is -2.45. The van der Waals surface area contributed by atoms with Gasteiger partial charge in [0.2, 0.25) is 5.91 Å². The van der Waals surface area contributed by atoms with Gasteiger partial charge in [0.15, 0.2) is 15.8 Å². The normalized spacial score (nSPS) is 20.5. The van der Waals surface area contributed by atoms with Crippen LogP contribution in [-0.4, -0.2) is 63.7 Å². The molecule has 1 amide bonds. The minimum atomic E-state index is -3.17. The van der Waals surface area contributed by atoms with E-state index in [1.165, 1.54) is 19.1 Å². The van der Waals surface area contributed by atoms with E-state index in [1.54, 1.807) is 12.1 Å². The van der Waals surface area contributed by atoms with Crippen LogP contribution >= 0.6 is 0 Å². The monoisotopic (exact) mass is 434 g/mol. The molecule has 1 aliphatic carbocycles. The number of aliphatic imine (C=N–C) groups is 1. The molecule has 0 aromatic heterocycles. The fraction of sp³-hybridized carbons (Fsp3) is 0.636. The van der Waals surface area contributed by atoms with Crippen LogP contribution in [0.25, 0.3) is 0 Å². The second kappa shape index (κ2) is 10.3. The second-order valence-electron chi connectivity index (χ2n) is 8.32. The predicted octanol–water partition coefficient (Wildman–Crippen LogP) is 1.98. The molecular weight excluding hydrogens is 400 g/mol. The zero-order valence-corrected chi connectivity index (χ0v) is 18.9. The lowest BCUT2D eigenvalue weighted by atomic mass is 10.1.